The third kappa shape index (κ3) is 4.75. The Labute approximate surface area is 177 Å². The molecule has 0 aliphatic carbocycles. The van der Waals surface area contributed by atoms with Crippen molar-refractivity contribution in [1.29, 1.82) is 0 Å². The van der Waals surface area contributed by atoms with Crippen molar-refractivity contribution < 1.29 is 9.53 Å². The Balaban J connectivity index is 1.44. The van der Waals surface area contributed by atoms with Crippen LogP contribution in [-0.2, 0) is 4.79 Å². The molecule has 0 radical (unpaired) electrons. The van der Waals surface area contributed by atoms with Crippen LogP contribution in [0.15, 0.2) is 72.0 Å². The standard InChI is InChI=1S/C22H19N3O2S2/c1-2-27-17-10-8-16(9-11-17)25-20(26)13-28-21-18-12-19(15-6-4-3-5-7-15)29-22(18)24-14-23-21/h3-12,14H,2,13H2,1H3,(H,25,26). The molecular formula is C22H19N3O2S2. The summed E-state index contributed by atoms with van der Waals surface area (Å²) in [7, 11) is 0. The third-order valence-corrected chi connectivity index (χ3v) is 6.24. The van der Waals surface area contributed by atoms with Gasteiger partial charge in [0.1, 0.15) is 21.9 Å². The zero-order chi connectivity index (χ0) is 20.1. The molecule has 1 amide bonds. The summed E-state index contributed by atoms with van der Waals surface area (Å²) >= 11 is 3.05. The summed E-state index contributed by atoms with van der Waals surface area (Å²) in [6.45, 7) is 2.55. The maximum absolute atomic E-state index is 12.4. The van der Waals surface area contributed by atoms with Crippen molar-refractivity contribution in [2.24, 2.45) is 0 Å². The number of ether oxygens (including phenoxy) is 1. The summed E-state index contributed by atoms with van der Waals surface area (Å²) in [4.78, 5) is 23.2. The number of hydrogen-bond donors (Lipinski definition) is 1. The summed E-state index contributed by atoms with van der Waals surface area (Å²) in [5.74, 6) is 0.981. The Morgan fingerprint density at radius 2 is 1.90 bits per heavy atom. The van der Waals surface area contributed by atoms with Crippen LogP contribution in [0.5, 0.6) is 5.75 Å². The van der Waals surface area contributed by atoms with Crippen LogP contribution >= 0.6 is 23.1 Å². The van der Waals surface area contributed by atoms with Crippen LogP contribution in [0.2, 0.25) is 0 Å². The van der Waals surface area contributed by atoms with Crippen LogP contribution in [0.4, 0.5) is 5.69 Å². The van der Waals surface area contributed by atoms with Crippen molar-refractivity contribution in [2.45, 2.75) is 11.9 Å². The molecule has 2 heterocycles. The smallest absolute Gasteiger partial charge is 0.234 e. The average molecular weight is 422 g/mol. The highest BCUT2D eigenvalue weighted by Crippen LogP contribution is 2.36. The number of nitrogens with one attached hydrogen (secondary N) is 1. The van der Waals surface area contributed by atoms with Crippen LogP contribution < -0.4 is 10.1 Å². The van der Waals surface area contributed by atoms with Gasteiger partial charge < -0.3 is 10.1 Å². The average Bonchev–Trinajstić information content (AvgIpc) is 3.19. The molecule has 7 heteroatoms. The van der Waals surface area contributed by atoms with E-state index in [9.17, 15) is 4.79 Å². The molecule has 0 unspecified atom stereocenters. The third-order valence-electron chi connectivity index (χ3n) is 4.14. The lowest BCUT2D eigenvalue weighted by Gasteiger charge is -2.07. The Kier molecular flexibility index (Phi) is 6.07. The van der Waals surface area contributed by atoms with E-state index in [1.807, 2.05) is 49.4 Å². The van der Waals surface area contributed by atoms with Crippen molar-refractivity contribution in [3.8, 4) is 16.2 Å². The van der Waals surface area contributed by atoms with E-state index in [4.69, 9.17) is 4.74 Å². The minimum atomic E-state index is -0.0792. The van der Waals surface area contributed by atoms with E-state index >= 15 is 0 Å². The molecule has 5 nitrogen and oxygen atoms in total. The Bertz CT molecular complexity index is 1110. The summed E-state index contributed by atoms with van der Waals surface area (Å²) in [5.41, 5.74) is 1.90. The highest BCUT2D eigenvalue weighted by molar-refractivity contribution is 8.00. The van der Waals surface area contributed by atoms with Crippen molar-refractivity contribution in [2.75, 3.05) is 17.7 Å². The monoisotopic (exact) mass is 421 g/mol. The number of carbonyl (C=O) groups excluding carboxylic acids is 1. The molecule has 4 aromatic rings. The molecule has 0 aliphatic rings. The first-order chi connectivity index (χ1) is 14.2. The molecule has 2 aromatic carbocycles. The molecule has 0 atom stereocenters. The van der Waals surface area contributed by atoms with E-state index in [0.717, 1.165) is 37.1 Å². The second kappa shape index (κ2) is 9.07. The van der Waals surface area contributed by atoms with Crippen molar-refractivity contribution in [3.05, 3.63) is 67.0 Å². The Morgan fingerprint density at radius 3 is 2.66 bits per heavy atom. The number of benzene rings is 2. The molecule has 2 aromatic heterocycles. The summed E-state index contributed by atoms with van der Waals surface area (Å²) < 4.78 is 5.42. The van der Waals surface area contributed by atoms with Gasteiger partial charge in [-0.2, -0.15) is 0 Å². The van der Waals surface area contributed by atoms with Gasteiger partial charge >= 0.3 is 0 Å². The van der Waals surface area contributed by atoms with Crippen LogP contribution in [0.3, 0.4) is 0 Å². The van der Waals surface area contributed by atoms with Gasteiger partial charge in [-0.3, -0.25) is 4.79 Å². The Morgan fingerprint density at radius 1 is 1.10 bits per heavy atom. The molecule has 0 fully saturated rings. The quantitative estimate of drug-likeness (QED) is 0.316. The van der Waals surface area contributed by atoms with Crippen molar-refractivity contribution in [3.63, 3.8) is 0 Å². The lowest BCUT2D eigenvalue weighted by atomic mass is 10.2. The van der Waals surface area contributed by atoms with Crippen molar-refractivity contribution >= 4 is 44.9 Å². The lowest BCUT2D eigenvalue weighted by molar-refractivity contribution is -0.113. The molecular weight excluding hydrogens is 402 g/mol. The first-order valence-electron chi connectivity index (χ1n) is 9.18. The summed E-state index contributed by atoms with van der Waals surface area (Å²) in [6.07, 6.45) is 1.56. The summed E-state index contributed by atoms with van der Waals surface area (Å²) in [5, 5.41) is 4.70. The molecule has 29 heavy (non-hydrogen) atoms. The highest BCUT2D eigenvalue weighted by atomic mass is 32.2. The first kappa shape index (κ1) is 19.4. The van der Waals surface area contributed by atoms with Crippen LogP contribution in [0.25, 0.3) is 20.7 Å². The zero-order valence-corrected chi connectivity index (χ0v) is 17.4. The van der Waals surface area contributed by atoms with Gasteiger partial charge in [0.25, 0.3) is 0 Å². The minimum absolute atomic E-state index is 0.0792. The van der Waals surface area contributed by atoms with Crippen LogP contribution in [0, 0.1) is 0 Å². The fourth-order valence-electron chi connectivity index (χ4n) is 2.83. The molecule has 0 saturated heterocycles. The number of amides is 1. The summed E-state index contributed by atoms with van der Waals surface area (Å²) in [6, 6.07) is 19.7. The molecule has 0 bridgehead atoms. The fraction of sp³-hybridized carbons (Fsp3) is 0.136. The first-order valence-corrected chi connectivity index (χ1v) is 11.0. The molecule has 0 aliphatic heterocycles. The SMILES string of the molecule is CCOc1ccc(NC(=O)CSc2ncnc3sc(-c4ccccc4)cc23)cc1. The highest BCUT2D eigenvalue weighted by Gasteiger charge is 2.12. The molecule has 4 rings (SSSR count). The van der Waals surface area contributed by atoms with Crippen LogP contribution in [0.1, 0.15) is 6.92 Å². The van der Waals surface area contributed by atoms with Crippen LogP contribution in [-0.4, -0.2) is 28.2 Å². The number of thiophene rings is 1. The Hall–Kier alpha value is -2.90. The maximum atomic E-state index is 12.4. The van der Waals surface area contributed by atoms with Gasteiger partial charge in [-0.15, -0.1) is 11.3 Å². The largest absolute Gasteiger partial charge is 0.494 e. The maximum Gasteiger partial charge on any atom is 0.234 e. The van der Waals surface area contributed by atoms with E-state index < -0.39 is 0 Å². The van der Waals surface area contributed by atoms with E-state index in [-0.39, 0.29) is 11.7 Å². The van der Waals surface area contributed by atoms with Gasteiger partial charge in [-0.05, 0) is 42.8 Å². The fourth-order valence-corrected chi connectivity index (χ4v) is 4.67. The number of nitrogens with zero attached hydrogens (tertiary/aromatic N) is 2. The van der Waals surface area contributed by atoms with Gasteiger partial charge in [0.05, 0.1) is 12.4 Å². The van der Waals surface area contributed by atoms with Gasteiger partial charge in [-0.1, -0.05) is 42.1 Å². The van der Waals surface area contributed by atoms with Gasteiger partial charge in [0.15, 0.2) is 0 Å². The number of carbonyl (C=O) groups is 1. The molecule has 1 N–H and O–H groups in total. The number of anilines is 1. The number of aromatic nitrogens is 2. The van der Waals surface area contributed by atoms with Gasteiger partial charge in [0.2, 0.25) is 5.91 Å². The second-order valence-corrected chi connectivity index (χ2v) is 8.16. The van der Waals surface area contributed by atoms with E-state index in [2.05, 4.69) is 33.5 Å². The number of rotatable bonds is 7. The van der Waals surface area contributed by atoms with Gasteiger partial charge in [0, 0.05) is 16.0 Å². The van der Waals surface area contributed by atoms with E-state index in [1.165, 1.54) is 11.8 Å². The van der Waals surface area contributed by atoms with Gasteiger partial charge in [-0.25, -0.2) is 9.97 Å². The number of thioether (sulfide) groups is 1. The zero-order valence-electron chi connectivity index (χ0n) is 15.8. The van der Waals surface area contributed by atoms with E-state index in [0.29, 0.717) is 6.61 Å². The topological polar surface area (TPSA) is 64.1 Å². The molecule has 146 valence electrons. The molecule has 0 spiro atoms. The molecule has 0 saturated carbocycles. The number of hydrogen-bond acceptors (Lipinski definition) is 6. The lowest BCUT2D eigenvalue weighted by Crippen LogP contribution is -2.14. The predicted octanol–water partition coefficient (Wildman–Crippen LogP) is 5.49. The number of fused-ring (bicyclic) bond motifs is 1. The normalized spacial score (nSPS) is 10.8. The second-order valence-electron chi connectivity index (χ2n) is 6.17. The van der Waals surface area contributed by atoms with Crippen molar-refractivity contribution in [1.82, 2.24) is 9.97 Å². The predicted molar refractivity (Wildman–Crippen MR) is 120 cm³/mol. The van der Waals surface area contributed by atoms with E-state index in [1.54, 1.807) is 17.7 Å². The minimum Gasteiger partial charge on any atom is -0.494 e.